The number of amides is 2. The van der Waals surface area contributed by atoms with Crippen LogP contribution < -0.4 is 14.4 Å². The predicted octanol–water partition coefficient (Wildman–Crippen LogP) is 7.29. The summed E-state index contributed by atoms with van der Waals surface area (Å²) in [6, 6.07) is 28.0. The van der Waals surface area contributed by atoms with Gasteiger partial charge in [-0.15, -0.1) is 0 Å². The van der Waals surface area contributed by atoms with Crippen molar-refractivity contribution in [3.05, 3.63) is 124 Å². The number of halogens is 2. The molecule has 0 unspecified atom stereocenters. The number of methoxy groups -OCH3 is 1. The van der Waals surface area contributed by atoms with Gasteiger partial charge in [-0.25, -0.2) is 8.42 Å². The molecule has 0 radical (unpaired) electrons. The molecule has 2 amide bonds. The molecule has 4 aromatic rings. The topological polar surface area (TPSA) is 96.0 Å². The number of nitrogens with one attached hydrogen (secondary N) is 1. The van der Waals surface area contributed by atoms with Gasteiger partial charge in [0.1, 0.15) is 18.3 Å². The van der Waals surface area contributed by atoms with Crippen molar-refractivity contribution in [3.63, 3.8) is 0 Å². The van der Waals surface area contributed by atoms with E-state index in [1.54, 1.807) is 37.4 Å². The van der Waals surface area contributed by atoms with Gasteiger partial charge in [-0.2, -0.15) is 0 Å². The van der Waals surface area contributed by atoms with E-state index in [-0.39, 0.29) is 40.5 Å². The Kier molecular flexibility index (Phi) is 12.0. The maximum absolute atomic E-state index is 14.7. The minimum Gasteiger partial charge on any atom is -0.497 e. The molecule has 11 heteroatoms. The van der Waals surface area contributed by atoms with Crippen LogP contribution in [0.25, 0.3) is 0 Å². The molecule has 0 aromatic heterocycles. The van der Waals surface area contributed by atoms with Crippen LogP contribution in [0.3, 0.4) is 0 Å². The minimum absolute atomic E-state index is 0.00104. The number of sulfonamides is 1. The van der Waals surface area contributed by atoms with Gasteiger partial charge in [-0.3, -0.25) is 13.9 Å². The highest BCUT2D eigenvalue weighted by Gasteiger charge is 2.36. The monoisotopic (exact) mass is 707 g/mol. The van der Waals surface area contributed by atoms with Crippen LogP contribution in [0.5, 0.6) is 5.75 Å². The molecule has 0 heterocycles. The lowest BCUT2D eigenvalue weighted by Crippen LogP contribution is -2.55. The van der Waals surface area contributed by atoms with E-state index in [0.717, 1.165) is 42.0 Å². The van der Waals surface area contributed by atoms with Crippen LogP contribution in [0.15, 0.2) is 108 Å². The van der Waals surface area contributed by atoms with Crippen molar-refractivity contribution >= 4 is 50.7 Å². The van der Waals surface area contributed by atoms with Crippen LogP contribution in [0.1, 0.15) is 43.2 Å². The molecular formula is C37H39Cl2N3O5S. The van der Waals surface area contributed by atoms with Gasteiger partial charge in [-0.1, -0.05) is 103 Å². The SMILES string of the molecule is COc1cccc(CN(C(=O)CN(c2ccc(Cl)cc2Cl)S(=O)(=O)c2ccccc2)[C@@H](Cc2ccccc2)C(=O)NC2CCCCC2)c1. The molecule has 4 aromatic carbocycles. The fourth-order valence-corrected chi connectivity index (χ4v) is 8.00. The number of benzene rings is 4. The van der Waals surface area contributed by atoms with E-state index in [2.05, 4.69) is 5.32 Å². The fourth-order valence-electron chi connectivity index (χ4n) is 5.98. The third kappa shape index (κ3) is 8.89. The maximum atomic E-state index is 14.7. The van der Waals surface area contributed by atoms with Crippen molar-refractivity contribution in [2.45, 2.75) is 62.0 Å². The number of anilines is 1. The summed E-state index contributed by atoms with van der Waals surface area (Å²) in [5.74, 6) is -0.278. The van der Waals surface area contributed by atoms with E-state index in [0.29, 0.717) is 16.3 Å². The van der Waals surface area contributed by atoms with Crippen LogP contribution in [-0.2, 0) is 32.6 Å². The molecule has 48 heavy (non-hydrogen) atoms. The van der Waals surface area contributed by atoms with Crippen molar-refractivity contribution in [2.75, 3.05) is 18.0 Å². The van der Waals surface area contributed by atoms with Crippen molar-refractivity contribution in [1.82, 2.24) is 10.2 Å². The number of nitrogens with zero attached hydrogens (tertiary/aromatic N) is 2. The summed E-state index contributed by atoms with van der Waals surface area (Å²) < 4.78 is 34.8. The Morgan fingerprint density at radius 1 is 0.854 bits per heavy atom. The van der Waals surface area contributed by atoms with E-state index in [1.165, 1.54) is 35.2 Å². The Labute approximate surface area is 292 Å². The lowest BCUT2D eigenvalue weighted by molar-refractivity contribution is -0.140. The average molecular weight is 709 g/mol. The molecule has 0 aliphatic heterocycles. The number of carbonyl (C=O) groups excluding carboxylic acids is 2. The van der Waals surface area contributed by atoms with Gasteiger partial charge in [0.15, 0.2) is 0 Å². The first-order valence-electron chi connectivity index (χ1n) is 16.0. The van der Waals surface area contributed by atoms with E-state index >= 15 is 0 Å². The molecule has 1 aliphatic rings. The summed E-state index contributed by atoms with van der Waals surface area (Å²) in [5, 5.41) is 3.59. The van der Waals surface area contributed by atoms with E-state index in [1.807, 2.05) is 42.5 Å². The summed E-state index contributed by atoms with van der Waals surface area (Å²) in [4.78, 5) is 30.4. The van der Waals surface area contributed by atoms with Crippen LogP contribution in [0.2, 0.25) is 10.0 Å². The lowest BCUT2D eigenvalue weighted by Gasteiger charge is -2.35. The standard InChI is InChI=1S/C37H39Cl2N3O5S/c1-47-31-17-11-14-28(22-31)25-41(35(23-27-12-5-2-6-13-27)37(44)40-30-15-7-3-8-16-30)36(43)26-42(34-21-20-29(38)24-33(34)39)48(45,46)32-18-9-4-10-19-32/h2,4-6,9-14,17-22,24,30,35H,3,7-8,15-16,23,25-26H2,1H3,(H,40,44)/t35-/m0/s1. The number of ether oxygens (including phenoxy) is 1. The zero-order chi connectivity index (χ0) is 34.1. The van der Waals surface area contributed by atoms with Crippen LogP contribution >= 0.6 is 23.2 Å². The smallest absolute Gasteiger partial charge is 0.264 e. The molecule has 5 rings (SSSR count). The van der Waals surface area contributed by atoms with Gasteiger partial charge in [0.25, 0.3) is 10.0 Å². The minimum atomic E-state index is -4.29. The van der Waals surface area contributed by atoms with Gasteiger partial charge in [0.05, 0.1) is 22.7 Å². The highest BCUT2D eigenvalue weighted by molar-refractivity contribution is 7.92. The van der Waals surface area contributed by atoms with E-state index < -0.39 is 28.5 Å². The number of hydrogen-bond acceptors (Lipinski definition) is 5. The number of carbonyl (C=O) groups is 2. The molecular weight excluding hydrogens is 669 g/mol. The molecule has 1 aliphatic carbocycles. The summed E-state index contributed by atoms with van der Waals surface area (Å²) in [7, 11) is -2.74. The second kappa shape index (κ2) is 16.4. The van der Waals surface area contributed by atoms with Crippen LogP contribution in [0.4, 0.5) is 5.69 Å². The second-order valence-corrected chi connectivity index (χ2v) is 14.5. The number of hydrogen-bond donors (Lipinski definition) is 1. The second-order valence-electron chi connectivity index (χ2n) is 11.8. The van der Waals surface area contributed by atoms with Gasteiger partial charge < -0.3 is 15.0 Å². The highest BCUT2D eigenvalue weighted by atomic mass is 35.5. The molecule has 252 valence electrons. The van der Waals surface area contributed by atoms with E-state index in [9.17, 15) is 18.0 Å². The Hall–Kier alpha value is -4.05. The van der Waals surface area contributed by atoms with Crippen molar-refractivity contribution in [1.29, 1.82) is 0 Å². The first-order valence-corrected chi connectivity index (χ1v) is 18.1. The molecule has 0 spiro atoms. The molecule has 1 saturated carbocycles. The average Bonchev–Trinajstić information content (AvgIpc) is 3.10. The Morgan fingerprint density at radius 3 is 2.19 bits per heavy atom. The first kappa shape index (κ1) is 35.3. The van der Waals surface area contributed by atoms with Crippen molar-refractivity contribution in [2.24, 2.45) is 0 Å². The van der Waals surface area contributed by atoms with Gasteiger partial charge in [-0.05, 0) is 66.4 Å². The van der Waals surface area contributed by atoms with Crippen molar-refractivity contribution < 1.29 is 22.7 Å². The summed E-state index contributed by atoms with van der Waals surface area (Å²) >= 11 is 12.8. The molecule has 0 saturated heterocycles. The van der Waals surface area contributed by atoms with Crippen LogP contribution in [-0.4, -0.2) is 50.9 Å². The molecule has 1 N–H and O–H groups in total. The van der Waals surface area contributed by atoms with Gasteiger partial charge in [0, 0.05) is 24.0 Å². The first-order chi connectivity index (χ1) is 23.2. The quantitative estimate of drug-likeness (QED) is 0.158. The Bertz CT molecular complexity index is 1800. The van der Waals surface area contributed by atoms with Crippen LogP contribution in [0, 0.1) is 0 Å². The van der Waals surface area contributed by atoms with Gasteiger partial charge in [0.2, 0.25) is 11.8 Å². The zero-order valence-electron chi connectivity index (χ0n) is 26.7. The normalized spacial score (nSPS) is 14.1. The number of rotatable bonds is 13. The predicted molar refractivity (Wildman–Crippen MR) is 190 cm³/mol. The third-order valence-electron chi connectivity index (χ3n) is 8.50. The summed E-state index contributed by atoms with van der Waals surface area (Å²) in [6.07, 6.45) is 5.13. The Balaban J connectivity index is 1.58. The highest BCUT2D eigenvalue weighted by Crippen LogP contribution is 2.33. The maximum Gasteiger partial charge on any atom is 0.264 e. The molecule has 0 bridgehead atoms. The summed E-state index contributed by atoms with van der Waals surface area (Å²) in [5.41, 5.74) is 1.67. The zero-order valence-corrected chi connectivity index (χ0v) is 29.1. The van der Waals surface area contributed by atoms with Gasteiger partial charge >= 0.3 is 0 Å². The molecule has 8 nitrogen and oxygen atoms in total. The fraction of sp³-hybridized carbons (Fsp3) is 0.297. The molecule has 1 atom stereocenters. The summed E-state index contributed by atoms with van der Waals surface area (Å²) in [6.45, 7) is -0.594. The van der Waals surface area contributed by atoms with E-state index in [4.69, 9.17) is 27.9 Å². The molecule has 1 fully saturated rings. The largest absolute Gasteiger partial charge is 0.497 e. The van der Waals surface area contributed by atoms with Crippen molar-refractivity contribution in [3.8, 4) is 5.75 Å². The Morgan fingerprint density at radius 2 is 1.52 bits per heavy atom. The lowest BCUT2D eigenvalue weighted by atomic mass is 9.94. The third-order valence-corrected chi connectivity index (χ3v) is 10.8.